The minimum absolute atomic E-state index is 0.660. The van der Waals surface area contributed by atoms with E-state index in [0.717, 1.165) is 44.2 Å². The number of ether oxygens (including phenoxy) is 1. The van der Waals surface area contributed by atoms with Gasteiger partial charge >= 0.3 is 0 Å². The van der Waals surface area contributed by atoms with Crippen LogP contribution in [0.25, 0.3) is 0 Å². The van der Waals surface area contributed by atoms with E-state index in [1.165, 1.54) is 25.7 Å². The van der Waals surface area contributed by atoms with E-state index in [0.29, 0.717) is 12.0 Å². The highest BCUT2D eigenvalue weighted by Gasteiger charge is 2.22. The zero-order chi connectivity index (χ0) is 13.8. The molecule has 0 spiro atoms. The lowest BCUT2D eigenvalue weighted by Gasteiger charge is -2.31. The largest absolute Gasteiger partial charge is 0.384 e. The van der Waals surface area contributed by atoms with Gasteiger partial charge in [-0.3, -0.25) is 4.90 Å². The molecule has 1 aromatic heterocycles. The summed E-state index contributed by atoms with van der Waals surface area (Å²) in [4.78, 5) is 2.45. The minimum atomic E-state index is 0.660. The number of hydrogen-bond acceptors (Lipinski definition) is 5. The van der Waals surface area contributed by atoms with Gasteiger partial charge in [-0.05, 0) is 38.1 Å². The number of nitrogens with one attached hydrogen (secondary N) is 1. The third-order valence-electron chi connectivity index (χ3n) is 4.14. The number of nitrogens with zero attached hydrogens (tertiary/aromatic N) is 2. The molecule has 1 unspecified atom stereocenters. The molecule has 1 aromatic rings. The lowest BCUT2D eigenvalue weighted by atomic mass is 9.99. The molecule has 1 aliphatic carbocycles. The van der Waals surface area contributed by atoms with Gasteiger partial charge in [0.15, 0.2) is 5.76 Å². The number of hydrogen-bond donors (Lipinski definition) is 1. The van der Waals surface area contributed by atoms with Gasteiger partial charge in [0.2, 0.25) is 0 Å². The maximum atomic E-state index is 5.45. The maximum Gasteiger partial charge on any atom is 0.151 e. The quantitative estimate of drug-likeness (QED) is 0.824. The molecule has 5 heteroatoms. The predicted molar refractivity (Wildman–Crippen MR) is 76.2 cm³/mol. The summed E-state index contributed by atoms with van der Waals surface area (Å²) < 4.78 is 10.7. The van der Waals surface area contributed by atoms with Crippen molar-refractivity contribution in [3.05, 3.63) is 17.5 Å². The van der Waals surface area contributed by atoms with Crippen molar-refractivity contribution >= 4 is 0 Å². The van der Waals surface area contributed by atoms with E-state index in [1.54, 1.807) is 7.11 Å². The van der Waals surface area contributed by atoms with E-state index in [4.69, 9.17) is 9.26 Å². The van der Waals surface area contributed by atoms with Crippen molar-refractivity contribution < 1.29 is 9.26 Å². The summed E-state index contributed by atoms with van der Waals surface area (Å²) in [7, 11) is 1.79. The number of piperidine rings is 1. The van der Waals surface area contributed by atoms with Crippen molar-refractivity contribution in [3.63, 3.8) is 0 Å². The molecule has 1 saturated carbocycles. The SMILES string of the molecule is COCC1CCCN(Cc2cc(CNC3CC3)no2)C1. The predicted octanol–water partition coefficient (Wildman–Crippen LogP) is 1.78. The summed E-state index contributed by atoms with van der Waals surface area (Å²) >= 11 is 0. The van der Waals surface area contributed by atoms with Gasteiger partial charge in [0, 0.05) is 32.3 Å². The Balaban J connectivity index is 1.46. The Labute approximate surface area is 120 Å². The van der Waals surface area contributed by atoms with Crippen LogP contribution in [0.2, 0.25) is 0 Å². The zero-order valence-corrected chi connectivity index (χ0v) is 12.3. The summed E-state index contributed by atoms with van der Waals surface area (Å²) in [5.74, 6) is 1.64. The van der Waals surface area contributed by atoms with Crippen LogP contribution in [0.1, 0.15) is 37.1 Å². The fourth-order valence-electron chi connectivity index (χ4n) is 2.94. The van der Waals surface area contributed by atoms with Crippen LogP contribution < -0.4 is 5.32 Å². The lowest BCUT2D eigenvalue weighted by Crippen LogP contribution is -2.36. The Bertz CT molecular complexity index is 415. The van der Waals surface area contributed by atoms with Crippen molar-refractivity contribution in [2.75, 3.05) is 26.8 Å². The number of likely N-dealkylation sites (tertiary alicyclic amines) is 1. The van der Waals surface area contributed by atoms with Crippen molar-refractivity contribution in [3.8, 4) is 0 Å². The smallest absolute Gasteiger partial charge is 0.151 e. The van der Waals surface area contributed by atoms with E-state index >= 15 is 0 Å². The molecule has 1 aliphatic heterocycles. The first-order valence-electron chi connectivity index (χ1n) is 7.72. The molecule has 1 N–H and O–H groups in total. The molecular weight excluding hydrogens is 254 g/mol. The van der Waals surface area contributed by atoms with Crippen molar-refractivity contribution in [2.24, 2.45) is 5.92 Å². The molecule has 0 amide bonds. The third kappa shape index (κ3) is 4.04. The number of methoxy groups -OCH3 is 1. The molecule has 2 heterocycles. The molecule has 0 bridgehead atoms. The van der Waals surface area contributed by atoms with Gasteiger partial charge in [0.1, 0.15) is 0 Å². The molecular formula is C15H25N3O2. The summed E-state index contributed by atoms with van der Waals surface area (Å²) in [6.45, 7) is 4.82. The average Bonchev–Trinajstić information content (AvgIpc) is 3.18. The fraction of sp³-hybridized carbons (Fsp3) is 0.800. The highest BCUT2D eigenvalue weighted by Crippen LogP contribution is 2.20. The highest BCUT2D eigenvalue weighted by atomic mass is 16.5. The van der Waals surface area contributed by atoms with Gasteiger partial charge in [-0.15, -0.1) is 0 Å². The van der Waals surface area contributed by atoms with Crippen LogP contribution in [0.5, 0.6) is 0 Å². The van der Waals surface area contributed by atoms with Crippen molar-refractivity contribution in [1.82, 2.24) is 15.4 Å². The molecule has 3 rings (SSSR count). The second-order valence-electron chi connectivity index (χ2n) is 6.14. The molecule has 0 radical (unpaired) electrons. The van der Waals surface area contributed by atoms with Crippen LogP contribution in [0, 0.1) is 5.92 Å². The Hall–Kier alpha value is -0.910. The Morgan fingerprint density at radius 2 is 2.35 bits per heavy atom. The highest BCUT2D eigenvalue weighted by molar-refractivity contribution is 5.06. The summed E-state index contributed by atoms with van der Waals surface area (Å²) in [6.07, 6.45) is 5.13. The van der Waals surface area contributed by atoms with Gasteiger partial charge in [-0.1, -0.05) is 5.16 Å². The molecule has 1 saturated heterocycles. The van der Waals surface area contributed by atoms with Crippen LogP contribution in [0.3, 0.4) is 0 Å². The monoisotopic (exact) mass is 279 g/mol. The molecule has 0 aromatic carbocycles. The molecule has 2 aliphatic rings. The van der Waals surface area contributed by atoms with Gasteiger partial charge in [-0.25, -0.2) is 0 Å². The first-order chi connectivity index (χ1) is 9.83. The van der Waals surface area contributed by atoms with E-state index in [1.807, 2.05) is 0 Å². The zero-order valence-electron chi connectivity index (χ0n) is 12.3. The van der Waals surface area contributed by atoms with E-state index in [-0.39, 0.29) is 0 Å². The number of aromatic nitrogens is 1. The van der Waals surface area contributed by atoms with Crippen LogP contribution in [0.4, 0.5) is 0 Å². The van der Waals surface area contributed by atoms with Gasteiger partial charge in [-0.2, -0.15) is 0 Å². The van der Waals surface area contributed by atoms with E-state index in [2.05, 4.69) is 21.4 Å². The van der Waals surface area contributed by atoms with Crippen LogP contribution >= 0.6 is 0 Å². The van der Waals surface area contributed by atoms with Crippen LogP contribution in [-0.4, -0.2) is 42.9 Å². The summed E-state index contributed by atoms with van der Waals surface area (Å²) in [5.41, 5.74) is 1.03. The minimum Gasteiger partial charge on any atom is -0.384 e. The Kier molecular flexibility index (Phi) is 4.70. The van der Waals surface area contributed by atoms with Crippen molar-refractivity contribution in [1.29, 1.82) is 0 Å². The maximum absolute atomic E-state index is 5.45. The van der Waals surface area contributed by atoms with E-state index < -0.39 is 0 Å². The first kappa shape index (κ1) is 14.0. The fourth-order valence-corrected chi connectivity index (χ4v) is 2.94. The van der Waals surface area contributed by atoms with Crippen molar-refractivity contribution in [2.45, 2.75) is 44.8 Å². The molecule has 5 nitrogen and oxygen atoms in total. The summed E-state index contributed by atoms with van der Waals surface area (Å²) in [5, 5.41) is 7.61. The van der Waals surface area contributed by atoms with Crippen LogP contribution in [0.15, 0.2) is 10.6 Å². The Morgan fingerprint density at radius 3 is 3.15 bits per heavy atom. The molecule has 20 heavy (non-hydrogen) atoms. The summed E-state index contributed by atoms with van der Waals surface area (Å²) in [6, 6.07) is 2.81. The van der Waals surface area contributed by atoms with E-state index in [9.17, 15) is 0 Å². The second kappa shape index (κ2) is 6.70. The normalized spacial score (nSPS) is 24.1. The standard InChI is InChI=1S/C15H25N3O2/c1-19-11-12-3-2-6-18(9-12)10-15-7-14(17-20-15)8-16-13-4-5-13/h7,12-13,16H,2-6,8-11H2,1H3. The lowest BCUT2D eigenvalue weighted by molar-refractivity contribution is 0.0829. The molecule has 2 fully saturated rings. The van der Waals surface area contributed by atoms with Gasteiger partial charge in [0.05, 0.1) is 18.8 Å². The molecule has 1 atom stereocenters. The third-order valence-corrected chi connectivity index (χ3v) is 4.14. The first-order valence-corrected chi connectivity index (χ1v) is 7.72. The van der Waals surface area contributed by atoms with Gasteiger partial charge < -0.3 is 14.6 Å². The number of rotatable bonds is 7. The topological polar surface area (TPSA) is 50.5 Å². The second-order valence-corrected chi connectivity index (χ2v) is 6.14. The van der Waals surface area contributed by atoms with Crippen LogP contribution in [-0.2, 0) is 17.8 Å². The molecule has 112 valence electrons. The van der Waals surface area contributed by atoms with Gasteiger partial charge in [0.25, 0.3) is 0 Å². The average molecular weight is 279 g/mol. The Morgan fingerprint density at radius 1 is 1.45 bits per heavy atom.